The number of aromatic nitrogens is 4. The summed E-state index contributed by atoms with van der Waals surface area (Å²) in [6.45, 7) is 5.53. The molecule has 0 amide bonds. The summed E-state index contributed by atoms with van der Waals surface area (Å²) in [5.74, 6) is 0. The molecule has 3 aliphatic heterocycles. The molecule has 8 bridgehead atoms. The van der Waals surface area contributed by atoms with Crippen molar-refractivity contribution < 1.29 is 0 Å². The van der Waals surface area contributed by atoms with Crippen molar-refractivity contribution in [3.05, 3.63) is 102 Å². The van der Waals surface area contributed by atoms with Gasteiger partial charge in [-0.3, -0.25) is 0 Å². The summed E-state index contributed by atoms with van der Waals surface area (Å²) in [6.07, 6.45) is 16.6. The maximum atomic E-state index is 4.80. The van der Waals surface area contributed by atoms with E-state index in [9.17, 15) is 0 Å². The first-order chi connectivity index (χ1) is 16.2. The molecular formula is C28H23N5. The zero-order valence-corrected chi connectivity index (χ0v) is 18.1. The zero-order chi connectivity index (χ0) is 22.2. The third-order valence-electron chi connectivity index (χ3n) is 5.85. The van der Waals surface area contributed by atoms with Crippen LogP contribution in [0.3, 0.4) is 0 Å². The van der Waals surface area contributed by atoms with Gasteiger partial charge in [-0.1, -0.05) is 12.2 Å². The molecule has 0 atom stereocenters. The minimum atomic E-state index is 0.840. The molecule has 3 aromatic rings. The van der Waals surface area contributed by atoms with Crippen LogP contribution < -0.4 is 0 Å². The number of nitrogens with one attached hydrogen (secondary N) is 2. The average Bonchev–Trinajstić information content (AvgIpc) is 3.60. The minimum Gasteiger partial charge on any atom is -0.370 e. The van der Waals surface area contributed by atoms with Crippen molar-refractivity contribution in [3.8, 4) is 0 Å². The lowest BCUT2D eigenvalue weighted by molar-refractivity contribution is 0.459. The Morgan fingerprint density at radius 3 is 2.03 bits per heavy atom. The molecule has 2 N–H and O–H groups in total. The number of nitrogens with zero attached hydrogens (tertiary/aromatic N) is 3. The zero-order valence-electron chi connectivity index (χ0n) is 18.1. The summed E-state index contributed by atoms with van der Waals surface area (Å²) in [5.41, 5.74) is 10.1. The summed E-state index contributed by atoms with van der Waals surface area (Å²) in [5, 5.41) is 0. The van der Waals surface area contributed by atoms with Gasteiger partial charge >= 0.3 is 0 Å². The van der Waals surface area contributed by atoms with Gasteiger partial charge in [-0.05, 0) is 78.4 Å². The van der Waals surface area contributed by atoms with E-state index in [2.05, 4.69) is 88.3 Å². The lowest BCUT2D eigenvalue weighted by atomic mass is 10.0. The van der Waals surface area contributed by atoms with Gasteiger partial charge in [-0.2, -0.15) is 0 Å². The molecule has 6 heterocycles. The van der Waals surface area contributed by atoms with E-state index in [4.69, 9.17) is 9.97 Å². The van der Waals surface area contributed by atoms with E-state index in [1.165, 1.54) is 5.57 Å². The quantitative estimate of drug-likeness (QED) is 0.343. The second-order valence-corrected chi connectivity index (χ2v) is 8.31. The van der Waals surface area contributed by atoms with Crippen molar-refractivity contribution in [2.24, 2.45) is 0 Å². The van der Waals surface area contributed by atoms with Crippen LogP contribution in [0, 0.1) is 0 Å². The Labute approximate surface area is 191 Å². The number of hydrogen-bond acceptors (Lipinski definition) is 3. The molecule has 0 fully saturated rings. The van der Waals surface area contributed by atoms with Gasteiger partial charge in [0.05, 0.1) is 22.8 Å². The number of fused-ring (bicyclic) bond motifs is 8. The molecule has 0 aliphatic carbocycles. The summed E-state index contributed by atoms with van der Waals surface area (Å²) in [6, 6.07) is 14.6. The second-order valence-electron chi connectivity index (χ2n) is 8.31. The van der Waals surface area contributed by atoms with Crippen molar-refractivity contribution in [1.82, 2.24) is 24.8 Å². The van der Waals surface area contributed by atoms with Gasteiger partial charge in [0.25, 0.3) is 0 Å². The highest BCUT2D eigenvalue weighted by atomic mass is 15.1. The van der Waals surface area contributed by atoms with Crippen molar-refractivity contribution in [3.63, 3.8) is 0 Å². The van der Waals surface area contributed by atoms with E-state index in [1.807, 2.05) is 24.3 Å². The van der Waals surface area contributed by atoms with E-state index >= 15 is 0 Å². The van der Waals surface area contributed by atoms with Crippen LogP contribution in [0.2, 0.25) is 0 Å². The molecule has 0 unspecified atom stereocenters. The van der Waals surface area contributed by atoms with Crippen LogP contribution in [-0.2, 0) is 0 Å². The maximum absolute atomic E-state index is 4.80. The van der Waals surface area contributed by atoms with Crippen LogP contribution in [0.4, 0.5) is 0 Å². The molecule has 160 valence electrons. The Balaban J connectivity index is 1.56. The van der Waals surface area contributed by atoms with Crippen LogP contribution >= 0.6 is 0 Å². The minimum absolute atomic E-state index is 0.840. The number of H-pyrrole nitrogens is 2. The normalized spacial score (nSPS) is 14.5. The smallest absolute Gasteiger partial charge is 0.0658 e. The van der Waals surface area contributed by atoms with Gasteiger partial charge in [-0.15, -0.1) is 6.58 Å². The van der Waals surface area contributed by atoms with Gasteiger partial charge in [0.1, 0.15) is 0 Å². The predicted molar refractivity (Wildman–Crippen MR) is 138 cm³/mol. The molecule has 3 aromatic heterocycles. The van der Waals surface area contributed by atoms with E-state index in [0.717, 1.165) is 63.5 Å². The molecule has 0 spiro atoms. The first-order valence-corrected chi connectivity index (χ1v) is 11.0. The van der Waals surface area contributed by atoms with Crippen LogP contribution in [0.1, 0.15) is 28.3 Å². The van der Waals surface area contributed by atoms with Crippen molar-refractivity contribution in [2.45, 2.75) is 0 Å². The molecule has 5 nitrogen and oxygen atoms in total. The molecular weight excluding hydrogens is 406 g/mol. The van der Waals surface area contributed by atoms with Gasteiger partial charge in [-0.25, -0.2) is 9.97 Å². The molecule has 0 saturated heterocycles. The molecule has 6 rings (SSSR count). The van der Waals surface area contributed by atoms with Crippen molar-refractivity contribution in [2.75, 3.05) is 13.1 Å². The Kier molecular flexibility index (Phi) is 4.65. The summed E-state index contributed by atoms with van der Waals surface area (Å²) < 4.78 is 0. The van der Waals surface area contributed by atoms with E-state index < -0.39 is 0 Å². The summed E-state index contributed by atoms with van der Waals surface area (Å²) in [4.78, 5) is 18.8. The van der Waals surface area contributed by atoms with Gasteiger partial charge in [0.15, 0.2) is 0 Å². The van der Waals surface area contributed by atoms with Gasteiger partial charge in [0, 0.05) is 46.9 Å². The van der Waals surface area contributed by atoms with Crippen molar-refractivity contribution >= 4 is 51.9 Å². The van der Waals surface area contributed by atoms with Crippen LogP contribution in [-0.4, -0.2) is 37.9 Å². The molecule has 33 heavy (non-hydrogen) atoms. The lowest BCUT2D eigenvalue weighted by Gasteiger charge is -2.20. The molecule has 0 saturated carbocycles. The van der Waals surface area contributed by atoms with Gasteiger partial charge in [0.2, 0.25) is 0 Å². The number of rotatable bonds is 3. The highest BCUT2D eigenvalue weighted by molar-refractivity contribution is 5.89. The van der Waals surface area contributed by atoms with Crippen molar-refractivity contribution in [1.29, 1.82) is 0 Å². The molecule has 3 aliphatic rings. The Morgan fingerprint density at radius 1 is 0.788 bits per heavy atom. The van der Waals surface area contributed by atoms with E-state index in [1.54, 1.807) is 0 Å². The van der Waals surface area contributed by atoms with Crippen LogP contribution in [0.15, 0.2) is 73.5 Å². The summed E-state index contributed by atoms with van der Waals surface area (Å²) in [7, 11) is 0. The number of hydrogen-bond donors (Lipinski definition) is 2. The number of allylic oxidation sites excluding steroid dienone is 2. The first-order valence-electron chi connectivity index (χ1n) is 11.0. The predicted octanol–water partition coefficient (Wildman–Crippen LogP) is 6.05. The van der Waals surface area contributed by atoms with E-state index in [0.29, 0.717) is 0 Å². The van der Waals surface area contributed by atoms with Gasteiger partial charge < -0.3 is 14.9 Å². The van der Waals surface area contributed by atoms with E-state index in [-0.39, 0.29) is 0 Å². The largest absolute Gasteiger partial charge is 0.370 e. The maximum Gasteiger partial charge on any atom is 0.0658 e. The Hall–Kier alpha value is -4.38. The molecule has 5 heteroatoms. The lowest BCUT2D eigenvalue weighted by Crippen LogP contribution is -2.19. The fourth-order valence-corrected chi connectivity index (χ4v) is 4.29. The monoisotopic (exact) mass is 429 g/mol. The topological polar surface area (TPSA) is 60.6 Å². The highest BCUT2D eigenvalue weighted by Crippen LogP contribution is 2.27. The third-order valence-corrected chi connectivity index (χ3v) is 5.85. The SMILES string of the molecule is C=CCN1C=CC(c2cc3cc4nc(cc5ccc(cc6nc(cc2[nH]3)C=C6)[nH]5)C=C4)=CC1. The molecule has 0 radical (unpaired) electrons. The number of aromatic amines is 2. The van der Waals surface area contributed by atoms with Crippen LogP contribution in [0.25, 0.3) is 51.9 Å². The first kappa shape index (κ1) is 19.3. The fraction of sp³-hybridized carbons (Fsp3) is 0.0714. The fourth-order valence-electron chi connectivity index (χ4n) is 4.29. The Morgan fingerprint density at radius 2 is 1.42 bits per heavy atom. The second kappa shape index (κ2) is 7.95. The Bertz CT molecular complexity index is 1540. The third kappa shape index (κ3) is 3.96. The molecule has 0 aromatic carbocycles. The standard InChI is InChI=1S/C28H23N5/c1-2-11-33-12-9-19(10-13-33)27-17-26-16-24-6-5-22(30-24)14-20-3-4-21(29-20)15-23-7-8-25(31-23)18-28(27)32-26/h2-10,12,14-18,29,32H,1,11,13H2. The average molecular weight is 430 g/mol. The highest BCUT2D eigenvalue weighted by Gasteiger charge is 2.10. The summed E-state index contributed by atoms with van der Waals surface area (Å²) >= 11 is 0. The van der Waals surface area contributed by atoms with Crippen LogP contribution in [0.5, 0.6) is 0 Å².